The summed E-state index contributed by atoms with van der Waals surface area (Å²) in [5, 5.41) is 0. The molecule has 126 valence electrons. The van der Waals surface area contributed by atoms with Crippen molar-refractivity contribution in [1.82, 2.24) is 4.90 Å². The van der Waals surface area contributed by atoms with Gasteiger partial charge in [0.2, 0.25) is 0 Å². The third kappa shape index (κ3) is 3.84. The van der Waals surface area contributed by atoms with Gasteiger partial charge in [0.1, 0.15) is 5.75 Å². The van der Waals surface area contributed by atoms with Gasteiger partial charge in [-0.05, 0) is 56.9 Å². The Hall–Kier alpha value is -2.04. The van der Waals surface area contributed by atoms with Crippen LogP contribution in [-0.2, 0) is 9.53 Å². The Morgan fingerprint density at radius 3 is 2.61 bits per heavy atom. The molecule has 1 atom stereocenters. The van der Waals surface area contributed by atoms with Crippen LogP contribution in [0.4, 0.5) is 0 Å². The maximum Gasteiger partial charge on any atom is 0.310 e. The zero-order valence-electron chi connectivity index (χ0n) is 14.3. The van der Waals surface area contributed by atoms with Crippen LogP contribution in [0.5, 0.6) is 5.75 Å². The van der Waals surface area contributed by atoms with Crippen LogP contribution in [0.1, 0.15) is 41.3 Å². The fraction of sp³-hybridized carbons (Fsp3) is 0.556. The summed E-state index contributed by atoms with van der Waals surface area (Å²) in [6.07, 6.45) is 1.58. The zero-order valence-corrected chi connectivity index (χ0v) is 14.3. The van der Waals surface area contributed by atoms with E-state index in [4.69, 9.17) is 9.47 Å². The van der Waals surface area contributed by atoms with E-state index in [1.54, 1.807) is 18.9 Å². The minimum Gasteiger partial charge on any atom is -0.496 e. The van der Waals surface area contributed by atoms with E-state index in [0.29, 0.717) is 31.0 Å². The molecule has 1 unspecified atom stereocenters. The molecule has 1 aliphatic rings. The van der Waals surface area contributed by atoms with Crippen molar-refractivity contribution in [2.45, 2.75) is 33.6 Å². The summed E-state index contributed by atoms with van der Waals surface area (Å²) in [6, 6.07) is 3.75. The van der Waals surface area contributed by atoms with E-state index in [1.165, 1.54) is 0 Å². The number of likely N-dealkylation sites (tertiary alicyclic amines) is 1. The second-order valence-electron chi connectivity index (χ2n) is 5.98. The van der Waals surface area contributed by atoms with Gasteiger partial charge in [-0.1, -0.05) is 0 Å². The molecule has 1 amide bonds. The molecule has 0 N–H and O–H groups in total. The standard InChI is InChI=1S/C18H25NO4/c1-5-23-18(21)14-7-6-8-19(11-14)17(20)15-9-12(2)13(3)10-16(15)22-4/h9-10,14H,5-8,11H2,1-4H3. The van der Waals surface area contributed by atoms with Crippen LogP contribution in [0.15, 0.2) is 12.1 Å². The van der Waals surface area contributed by atoms with Crippen molar-refractivity contribution in [2.24, 2.45) is 5.92 Å². The number of carbonyl (C=O) groups excluding carboxylic acids is 2. The van der Waals surface area contributed by atoms with Gasteiger partial charge < -0.3 is 14.4 Å². The number of aryl methyl sites for hydroxylation is 2. The smallest absolute Gasteiger partial charge is 0.310 e. The molecule has 0 saturated carbocycles. The van der Waals surface area contributed by atoms with Crippen molar-refractivity contribution in [3.8, 4) is 5.75 Å². The normalized spacial score (nSPS) is 17.7. The maximum atomic E-state index is 12.9. The molecule has 2 rings (SSSR count). The number of hydrogen-bond acceptors (Lipinski definition) is 4. The fourth-order valence-electron chi connectivity index (χ4n) is 2.91. The highest BCUT2D eigenvalue weighted by molar-refractivity contribution is 5.97. The van der Waals surface area contributed by atoms with Crippen LogP contribution in [0.2, 0.25) is 0 Å². The third-order valence-electron chi connectivity index (χ3n) is 4.37. The number of amides is 1. The molecule has 0 aliphatic carbocycles. The van der Waals surface area contributed by atoms with Crippen LogP contribution >= 0.6 is 0 Å². The number of piperidine rings is 1. The van der Waals surface area contributed by atoms with E-state index >= 15 is 0 Å². The first-order valence-electron chi connectivity index (χ1n) is 8.09. The molecule has 0 bridgehead atoms. The number of carbonyl (C=O) groups is 2. The van der Waals surface area contributed by atoms with Crippen molar-refractivity contribution >= 4 is 11.9 Å². The van der Waals surface area contributed by atoms with E-state index in [-0.39, 0.29) is 17.8 Å². The SMILES string of the molecule is CCOC(=O)C1CCCN(C(=O)c2cc(C)c(C)cc2OC)C1. The quantitative estimate of drug-likeness (QED) is 0.801. The van der Waals surface area contributed by atoms with Crippen LogP contribution in [0, 0.1) is 19.8 Å². The van der Waals surface area contributed by atoms with Gasteiger partial charge >= 0.3 is 5.97 Å². The maximum absolute atomic E-state index is 12.9. The van der Waals surface area contributed by atoms with Gasteiger partial charge in [0, 0.05) is 13.1 Å². The first-order chi connectivity index (χ1) is 11.0. The largest absolute Gasteiger partial charge is 0.496 e. The van der Waals surface area contributed by atoms with Crippen molar-refractivity contribution in [3.63, 3.8) is 0 Å². The molecule has 0 radical (unpaired) electrons. The summed E-state index contributed by atoms with van der Waals surface area (Å²) in [6.45, 7) is 7.20. The first kappa shape index (κ1) is 17.3. The number of benzene rings is 1. The van der Waals surface area contributed by atoms with Gasteiger partial charge in [-0.15, -0.1) is 0 Å². The molecular formula is C18H25NO4. The van der Waals surface area contributed by atoms with Crippen LogP contribution < -0.4 is 4.74 Å². The highest BCUT2D eigenvalue weighted by Gasteiger charge is 2.30. The Labute approximate surface area is 137 Å². The molecule has 1 heterocycles. The van der Waals surface area contributed by atoms with E-state index in [1.807, 2.05) is 26.0 Å². The monoisotopic (exact) mass is 319 g/mol. The van der Waals surface area contributed by atoms with E-state index in [9.17, 15) is 9.59 Å². The molecule has 1 saturated heterocycles. The molecule has 0 aromatic heterocycles. The van der Waals surface area contributed by atoms with E-state index in [0.717, 1.165) is 24.0 Å². The van der Waals surface area contributed by atoms with Crippen LogP contribution in [0.25, 0.3) is 0 Å². The molecule has 23 heavy (non-hydrogen) atoms. The second-order valence-corrected chi connectivity index (χ2v) is 5.98. The fourth-order valence-corrected chi connectivity index (χ4v) is 2.91. The van der Waals surface area contributed by atoms with Gasteiger partial charge in [0.25, 0.3) is 5.91 Å². The van der Waals surface area contributed by atoms with Crippen molar-refractivity contribution in [2.75, 3.05) is 26.8 Å². The molecular weight excluding hydrogens is 294 g/mol. The Bertz CT molecular complexity index is 597. The summed E-state index contributed by atoms with van der Waals surface area (Å²) in [4.78, 5) is 26.5. The highest BCUT2D eigenvalue weighted by Crippen LogP contribution is 2.27. The number of hydrogen-bond donors (Lipinski definition) is 0. The van der Waals surface area contributed by atoms with E-state index in [2.05, 4.69) is 0 Å². The highest BCUT2D eigenvalue weighted by atomic mass is 16.5. The van der Waals surface area contributed by atoms with Crippen molar-refractivity contribution in [1.29, 1.82) is 0 Å². The van der Waals surface area contributed by atoms with Crippen LogP contribution in [-0.4, -0.2) is 43.6 Å². The molecule has 1 aromatic carbocycles. The van der Waals surface area contributed by atoms with Gasteiger partial charge in [0.15, 0.2) is 0 Å². The lowest BCUT2D eigenvalue weighted by molar-refractivity contribution is -0.149. The lowest BCUT2D eigenvalue weighted by atomic mass is 9.96. The van der Waals surface area contributed by atoms with Crippen molar-refractivity contribution < 1.29 is 19.1 Å². The Morgan fingerprint density at radius 1 is 1.26 bits per heavy atom. The first-order valence-corrected chi connectivity index (χ1v) is 8.09. The Kier molecular flexibility index (Phi) is 5.64. The molecule has 5 heteroatoms. The summed E-state index contributed by atoms with van der Waals surface area (Å²) >= 11 is 0. The molecule has 1 fully saturated rings. The second kappa shape index (κ2) is 7.49. The van der Waals surface area contributed by atoms with Gasteiger partial charge in [-0.25, -0.2) is 0 Å². The third-order valence-corrected chi connectivity index (χ3v) is 4.37. The minimum absolute atomic E-state index is 0.0843. The number of esters is 1. The number of nitrogens with zero attached hydrogens (tertiary/aromatic N) is 1. The summed E-state index contributed by atoms with van der Waals surface area (Å²) < 4.78 is 10.5. The summed E-state index contributed by atoms with van der Waals surface area (Å²) in [7, 11) is 1.57. The van der Waals surface area contributed by atoms with Gasteiger partial charge in [-0.3, -0.25) is 9.59 Å². The molecule has 1 aliphatic heterocycles. The van der Waals surface area contributed by atoms with Gasteiger partial charge in [-0.2, -0.15) is 0 Å². The Balaban J connectivity index is 2.20. The zero-order chi connectivity index (χ0) is 17.0. The molecule has 0 spiro atoms. The predicted octanol–water partition coefficient (Wildman–Crippen LogP) is 2.73. The number of ether oxygens (including phenoxy) is 2. The van der Waals surface area contributed by atoms with Crippen molar-refractivity contribution in [3.05, 3.63) is 28.8 Å². The lowest BCUT2D eigenvalue weighted by Gasteiger charge is -2.32. The van der Waals surface area contributed by atoms with Crippen LogP contribution in [0.3, 0.4) is 0 Å². The Morgan fingerprint density at radius 2 is 1.96 bits per heavy atom. The number of methoxy groups -OCH3 is 1. The molecule has 5 nitrogen and oxygen atoms in total. The average molecular weight is 319 g/mol. The summed E-state index contributed by atoms with van der Waals surface area (Å²) in [5.41, 5.74) is 2.69. The number of rotatable bonds is 4. The minimum atomic E-state index is -0.231. The lowest BCUT2D eigenvalue weighted by Crippen LogP contribution is -2.43. The summed E-state index contributed by atoms with van der Waals surface area (Å²) in [5.74, 6) is 0.0533. The topological polar surface area (TPSA) is 55.8 Å². The van der Waals surface area contributed by atoms with E-state index < -0.39 is 0 Å². The predicted molar refractivity (Wildman–Crippen MR) is 87.7 cm³/mol. The molecule has 1 aromatic rings. The van der Waals surface area contributed by atoms with Gasteiger partial charge in [0.05, 0.1) is 25.2 Å². The average Bonchev–Trinajstić information content (AvgIpc) is 2.56.